The number of aryl methyl sites for hydroxylation is 3. The van der Waals surface area contributed by atoms with Crippen molar-refractivity contribution in [3.63, 3.8) is 0 Å². The molecule has 1 heterocycles. The standard InChI is InChI=1S/C21H26N4O3S/c1-6-28-21(27)19-16(15(9-22)20(23)29-19)10-25(5)11-17(26)24-18-13(3)7-12(2)8-14(18)4/h7-8H,6,10-11,23H2,1-5H3,(H,24,26)/p+1. The molecule has 8 heteroatoms. The highest BCUT2D eigenvalue weighted by Gasteiger charge is 2.26. The summed E-state index contributed by atoms with van der Waals surface area (Å²) in [4.78, 5) is 26.0. The number of rotatable bonds is 7. The highest BCUT2D eigenvalue weighted by atomic mass is 32.1. The number of esters is 1. The van der Waals surface area contributed by atoms with Gasteiger partial charge in [-0.05, 0) is 38.8 Å². The number of amides is 1. The zero-order valence-electron chi connectivity index (χ0n) is 17.4. The Labute approximate surface area is 175 Å². The van der Waals surface area contributed by atoms with Crippen molar-refractivity contribution in [2.24, 2.45) is 0 Å². The van der Waals surface area contributed by atoms with Gasteiger partial charge < -0.3 is 20.7 Å². The number of nitrogen functional groups attached to an aromatic ring is 1. The summed E-state index contributed by atoms with van der Waals surface area (Å²) in [5.74, 6) is -0.638. The number of nitriles is 1. The van der Waals surface area contributed by atoms with Crippen molar-refractivity contribution in [2.75, 3.05) is 31.2 Å². The summed E-state index contributed by atoms with van der Waals surface area (Å²) in [5.41, 5.74) is 10.7. The number of benzene rings is 1. The van der Waals surface area contributed by atoms with Crippen molar-refractivity contribution in [1.29, 1.82) is 5.26 Å². The number of nitrogens with two attached hydrogens (primary N) is 1. The lowest BCUT2D eigenvalue weighted by Crippen LogP contribution is -3.08. The van der Waals surface area contributed by atoms with E-state index in [1.165, 1.54) is 0 Å². The predicted molar refractivity (Wildman–Crippen MR) is 114 cm³/mol. The molecule has 0 bridgehead atoms. The van der Waals surface area contributed by atoms with E-state index in [-0.39, 0.29) is 29.6 Å². The first kappa shape index (κ1) is 22.4. The monoisotopic (exact) mass is 415 g/mol. The Balaban J connectivity index is 2.15. The van der Waals surface area contributed by atoms with Gasteiger partial charge in [0.15, 0.2) is 6.54 Å². The highest BCUT2D eigenvalue weighted by Crippen LogP contribution is 2.30. The molecule has 0 fully saturated rings. The van der Waals surface area contributed by atoms with Crippen molar-refractivity contribution in [3.8, 4) is 6.07 Å². The van der Waals surface area contributed by atoms with Crippen molar-refractivity contribution in [3.05, 3.63) is 44.8 Å². The Hall–Kier alpha value is -2.89. The van der Waals surface area contributed by atoms with Crippen LogP contribution in [0.2, 0.25) is 0 Å². The minimum atomic E-state index is -0.496. The summed E-state index contributed by atoms with van der Waals surface area (Å²) in [7, 11) is 1.83. The minimum absolute atomic E-state index is 0.142. The van der Waals surface area contributed by atoms with Crippen LogP contribution in [0.5, 0.6) is 0 Å². The quantitative estimate of drug-likeness (QED) is 0.599. The average molecular weight is 416 g/mol. The first-order valence-corrected chi connectivity index (χ1v) is 10.2. The van der Waals surface area contributed by atoms with Crippen molar-refractivity contribution in [1.82, 2.24) is 0 Å². The number of carbonyl (C=O) groups is 2. The fraction of sp³-hybridized carbons (Fsp3) is 0.381. The summed E-state index contributed by atoms with van der Waals surface area (Å²) in [6.45, 7) is 8.38. The first-order valence-electron chi connectivity index (χ1n) is 9.35. The fourth-order valence-electron chi connectivity index (χ4n) is 3.34. The molecule has 1 unspecified atom stereocenters. The van der Waals surface area contributed by atoms with E-state index in [1.807, 2.05) is 40.0 Å². The number of ether oxygens (including phenoxy) is 1. The van der Waals surface area contributed by atoms with Crippen molar-refractivity contribution < 1.29 is 19.2 Å². The van der Waals surface area contributed by atoms with Gasteiger partial charge in [-0.1, -0.05) is 17.7 Å². The Morgan fingerprint density at radius 2 is 1.90 bits per heavy atom. The normalized spacial score (nSPS) is 11.6. The van der Waals surface area contributed by atoms with Crippen LogP contribution in [0.1, 0.15) is 44.4 Å². The molecular weight excluding hydrogens is 388 g/mol. The van der Waals surface area contributed by atoms with E-state index in [2.05, 4.69) is 11.4 Å². The maximum atomic E-state index is 12.6. The van der Waals surface area contributed by atoms with Crippen LogP contribution in [0.4, 0.5) is 10.7 Å². The molecule has 0 aliphatic heterocycles. The molecule has 0 aliphatic carbocycles. The molecule has 1 atom stereocenters. The highest BCUT2D eigenvalue weighted by molar-refractivity contribution is 7.18. The third-order valence-corrected chi connectivity index (χ3v) is 5.53. The molecule has 154 valence electrons. The molecular formula is C21H27N4O3S+. The van der Waals surface area contributed by atoms with Gasteiger partial charge in [-0.2, -0.15) is 5.26 Å². The summed E-state index contributed by atoms with van der Waals surface area (Å²) < 4.78 is 5.08. The number of likely N-dealkylation sites (N-methyl/N-ethyl adjacent to an activating group) is 1. The summed E-state index contributed by atoms with van der Waals surface area (Å²) >= 11 is 1.05. The molecule has 0 aliphatic rings. The Bertz CT molecular complexity index is 952. The van der Waals surface area contributed by atoms with Crippen LogP contribution in [-0.2, 0) is 16.1 Å². The fourth-order valence-corrected chi connectivity index (χ4v) is 4.27. The molecule has 0 spiro atoms. The SMILES string of the molecule is CCOC(=O)c1sc(N)c(C#N)c1C[NH+](C)CC(=O)Nc1c(C)cc(C)cc1C. The molecule has 0 saturated carbocycles. The zero-order valence-corrected chi connectivity index (χ0v) is 18.3. The number of nitrogens with one attached hydrogen (secondary N) is 2. The number of hydrogen-bond donors (Lipinski definition) is 3. The van der Waals surface area contributed by atoms with E-state index >= 15 is 0 Å². The van der Waals surface area contributed by atoms with Gasteiger partial charge >= 0.3 is 5.97 Å². The van der Waals surface area contributed by atoms with E-state index in [9.17, 15) is 14.9 Å². The lowest BCUT2D eigenvalue weighted by molar-refractivity contribution is -0.885. The topological polar surface area (TPSA) is 110 Å². The Kier molecular flexibility index (Phi) is 7.37. The predicted octanol–water partition coefficient (Wildman–Crippen LogP) is 1.96. The van der Waals surface area contributed by atoms with E-state index in [0.29, 0.717) is 17.0 Å². The average Bonchev–Trinajstić information content (AvgIpc) is 2.93. The molecule has 2 aromatic rings. The van der Waals surface area contributed by atoms with Gasteiger partial charge in [0, 0.05) is 5.69 Å². The van der Waals surface area contributed by atoms with Crippen molar-refractivity contribution >= 4 is 33.9 Å². The number of quaternary nitrogens is 1. The second-order valence-electron chi connectivity index (χ2n) is 7.11. The molecule has 0 radical (unpaired) electrons. The summed E-state index contributed by atoms with van der Waals surface area (Å²) in [5, 5.41) is 12.7. The minimum Gasteiger partial charge on any atom is -0.462 e. The third kappa shape index (κ3) is 5.34. The second-order valence-corrected chi connectivity index (χ2v) is 8.17. The van der Waals surface area contributed by atoms with Gasteiger partial charge in [0.1, 0.15) is 22.5 Å². The first-order chi connectivity index (χ1) is 13.7. The van der Waals surface area contributed by atoms with Crippen LogP contribution in [-0.4, -0.2) is 32.1 Å². The number of thiophene rings is 1. The van der Waals surface area contributed by atoms with E-state index in [1.54, 1.807) is 6.92 Å². The number of hydrogen-bond acceptors (Lipinski definition) is 6. The second kappa shape index (κ2) is 9.54. The van der Waals surface area contributed by atoms with Gasteiger partial charge in [-0.25, -0.2) is 4.79 Å². The molecule has 1 aromatic carbocycles. The van der Waals surface area contributed by atoms with E-state index < -0.39 is 5.97 Å². The van der Waals surface area contributed by atoms with E-state index in [0.717, 1.165) is 38.6 Å². The largest absolute Gasteiger partial charge is 0.462 e. The van der Waals surface area contributed by atoms with Gasteiger partial charge in [0.2, 0.25) is 0 Å². The molecule has 1 aromatic heterocycles. The maximum Gasteiger partial charge on any atom is 0.348 e. The third-order valence-electron chi connectivity index (χ3n) is 4.49. The van der Waals surface area contributed by atoms with Crippen LogP contribution in [0.15, 0.2) is 12.1 Å². The lowest BCUT2D eigenvalue weighted by atomic mass is 10.1. The molecule has 29 heavy (non-hydrogen) atoms. The van der Waals surface area contributed by atoms with Crippen LogP contribution < -0.4 is 16.0 Å². The van der Waals surface area contributed by atoms with Crippen LogP contribution >= 0.6 is 11.3 Å². The maximum absolute atomic E-state index is 12.6. The van der Waals surface area contributed by atoms with Crippen LogP contribution in [0.3, 0.4) is 0 Å². The van der Waals surface area contributed by atoms with Gasteiger partial charge in [0.25, 0.3) is 5.91 Å². The Morgan fingerprint density at radius 1 is 1.28 bits per heavy atom. The zero-order chi connectivity index (χ0) is 21.7. The van der Waals surface area contributed by atoms with Gasteiger partial charge in [-0.3, -0.25) is 4.79 Å². The number of anilines is 2. The summed E-state index contributed by atoms with van der Waals surface area (Å²) in [6.07, 6.45) is 0. The molecule has 0 saturated heterocycles. The number of carbonyl (C=O) groups excluding carboxylic acids is 2. The Morgan fingerprint density at radius 3 is 2.45 bits per heavy atom. The van der Waals surface area contributed by atoms with Crippen molar-refractivity contribution in [2.45, 2.75) is 34.2 Å². The molecule has 4 N–H and O–H groups in total. The van der Waals surface area contributed by atoms with Crippen LogP contribution in [0, 0.1) is 32.1 Å². The van der Waals surface area contributed by atoms with Crippen LogP contribution in [0.25, 0.3) is 0 Å². The smallest absolute Gasteiger partial charge is 0.348 e. The van der Waals surface area contributed by atoms with E-state index in [4.69, 9.17) is 10.5 Å². The number of nitrogens with zero attached hydrogens (tertiary/aromatic N) is 1. The van der Waals surface area contributed by atoms with Gasteiger partial charge in [-0.15, -0.1) is 11.3 Å². The molecule has 2 rings (SSSR count). The lowest BCUT2D eigenvalue weighted by Gasteiger charge is -2.16. The molecule has 1 amide bonds. The molecule has 7 nitrogen and oxygen atoms in total. The summed E-state index contributed by atoms with van der Waals surface area (Å²) in [6, 6.07) is 6.12. The van der Waals surface area contributed by atoms with Gasteiger partial charge in [0.05, 0.1) is 24.8 Å².